The maximum atomic E-state index is 11.4. The van der Waals surface area contributed by atoms with E-state index < -0.39 is 18.1 Å². The lowest BCUT2D eigenvalue weighted by Crippen LogP contribution is -2.35. The van der Waals surface area contributed by atoms with Crippen molar-refractivity contribution in [1.29, 1.82) is 5.41 Å². The first kappa shape index (κ1) is 13.9. The standard InChI is InChI=1S/C15H14ClN3O2/c16-9-6-11(15(18)21)14(17)19(7-9)13-10-4-2-1-3-8(10)5-12(13)20/h1-4,6-7,12-13,17,20H,5H2,(H2,18,21). The molecule has 2 aromatic rings. The van der Waals surface area contributed by atoms with Crippen LogP contribution in [0.5, 0.6) is 0 Å². The molecule has 0 saturated heterocycles. The maximum Gasteiger partial charge on any atom is 0.252 e. The second kappa shape index (κ2) is 5.02. The predicted molar refractivity (Wildman–Crippen MR) is 78.1 cm³/mol. The van der Waals surface area contributed by atoms with Gasteiger partial charge in [-0.25, -0.2) is 0 Å². The quantitative estimate of drug-likeness (QED) is 0.778. The smallest absolute Gasteiger partial charge is 0.252 e. The molecule has 21 heavy (non-hydrogen) atoms. The van der Waals surface area contributed by atoms with Gasteiger partial charge in [0.25, 0.3) is 5.91 Å². The highest BCUT2D eigenvalue weighted by Crippen LogP contribution is 2.34. The van der Waals surface area contributed by atoms with E-state index in [0.29, 0.717) is 11.4 Å². The minimum atomic E-state index is -0.711. The summed E-state index contributed by atoms with van der Waals surface area (Å²) in [5.41, 5.74) is 7.24. The van der Waals surface area contributed by atoms with E-state index >= 15 is 0 Å². The molecule has 3 rings (SSSR count). The molecule has 1 heterocycles. The zero-order valence-corrected chi connectivity index (χ0v) is 11.8. The summed E-state index contributed by atoms with van der Waals surface area (Å²) in [6, 6.07) is 8.58. The van der Waals surface area contributed by atoms with Gasteiger partial charge in [-0.1, -0.05) is 35.9 Å². The number of nitrogens with one attached hydrogen (secondary N) is 1. The molecular weight excluding hydrogens is 290 g/mol. The Kier molecular flexibility index (Phi) is 3.31. The van der Waals surface area contributed by atoms with Gasteiger partial charge in [-0.2, -0.15) is 0 Å². The Labute approximate surface area is 126 Å². The molecule has 4 N–H and O–H groups in total. The van der Waals surface area contributed by atoms with Crippen molar-refractivity contribution in [3.05, 3.63) is 63.7 Å². The lowest BCUT2D eigenvalue weighted by atomic mass is 10.1. The average Bonchev–Trinajstić information content (AvgIpc) is 2.76. The minimum Gasteiger partial charge on any atom is -0.390 e. The Morgan fingerprint density at radius 3 is 2.86 bits per heavy atom. The molecule has 0 bridgehead atoms. The summed E-state index contributed by atoms with van der Waals surface area (Å²) in [5.74, 6) is -0.711. The van der Waals surface area contributed by atoms with Crippen molar-refractivity contribution in [3.8, 4) is 0 Å². The van der Waals surface area contributed by atoms with Crippen LogP contribution in [0.1, 0.15) is 27.5 Å². The van der Waals surface area contributed by atoms with E-state index in [1.165, 1.54) is 10.6 Å². The van der Waals surface area contributed by atoms with Gasteiger partial charge in [-0.3, -0.25) is 10.2 Å². The molecule has 1 aromatic heterocycles. The third kappa shape index (κ3) is 2.24. The number of hydrogen-bond donors (Lipinski definition) is 3. The normalized spacial score (nSPS) is 20.3. The lowest BCUT2D eigenvalue weighted by molar-refractivity contribution is 0.0995. The van der Waals surface area contributed by atoms with Gasteiger partial charge < -0.3 is 15.4 Å². The third-order valence-electron chi connectivity index (χ3n) is 3.79. The van der Waals surface area contributed by atoms with E-state index in [-0.39, 0.29) is 11.1 Å². The van der Waals surface area contributed by atoms with Crippen LogP contribution in [0.15, 0.2) is 36.5 Å². The number of rotatable bonds is 2. The van der Waals surface area contributed by atoms with E-state index in [1.807, 2.05) is 24.3 Å². The van der Waals surface area contributed by atoms with Crippen molar-refractivity contribution in [1.82, 2.24) is 4.57 Å². The number of carbonyl (C=O) groups is 1. The number of amides is 1. The summed E-state index contributed by atoms with van der Waals surface area (Å²) in [6.45, 7) is 0. The van der Waals surface area contributed by atoms with Gasteiger partial charge in [0.2, 0.25) is 0 Å². The third-order valence-corrected chi connectivity index (χ3v) is 4.00. The summed E-state index contributed by atoms with van der Waals surface area (Å²) in [5, 5.41) is 18.8. The van der Waals surface area contributed by atoms with Crippen molar-refractivity contribution in [3.63, 3.8) is 0 Å². The molecule has 0 fully saturated rings. The van der Waals surface area contributed by atoms with Gasteiger partial charge in [0.05, 0.1) is 22.7 Å². The molecule has 1 aromatic carbocycles. The largest absolute Gasteiger partial charge is 0.390 e. The molecule has 0 aliphatic heterocycles. The summed E-state index contributed by atoms with van der Waals surface area (Å²) in [4.78, 5) is 11.4. The Hall–Kier alpha value is -2.11. The van der Waals surface area contributed by atoms with E-state index in [0.717, 1.165) is 11.1 Å². The second-order valence-corrected chi connectivity index (χ2v) is 5.54. The highest BCUT2D eigenvalue weighted by atomic mass is 35.5. The van der Waals surface area contributed by atoms with Crippen LogP contribution in [-0.2, 0) is 6.42 Å². The van der Waals surface area contributed by atoms with Crippen molar-refractivity contribution in [2.45, 2.75) is 18.6 Å². The number of nitrogens with two attached hydrogens (primary N) is 1. The highest BCUT2D eigenvalue weighted by molar-refractivity contribution is 6.30. The van der Waals surface area contributed by atoms with Crippen LogP contribution in [0.3, 0.4) is 0 Å². The van der Waals surface area contributed by atoms with Gasteiger partial charge in [0.15, 0.2) is 0 Å². The molecule has 0 spiro atoms. The molecular formula is C15H14ClN3O2. The number of aliphatic hydroxyl groups excluding tert-OH is 1. The predicted octanol–water partition coefficient (Wildman–Crippen LogP) is 1.23. The topological polar surface area (TPSA) is 92.1 Å². The van der Waals surface area contributed by atoms with E-state index in [9.17, 15) is 9.90 Å². The molecule has 0 saturated carbocycles. The van der Waals surface area contributed by atoms with Crippen LogP contribution < -0.4 is 11.2 Å². The number of aliphatic hydroxyl groups is 1. The summed E-state index contributed by atoms with van der Waals surface area (Å²) >= 11 is 6.03. The molecule has 2 atom stereocenters. The molecule has 0 radical (unpaired) electrons. The van der Waals surface area contributed by atoms with Crippen LogP contribution in [0.4, 0.5) is 0 Å². The van der Waals surface area contributed by atoms with E-state index in [1.54, 1.807) is 6.20 Å². The zero-order valence-electron chi connectivity index (χ0n) is 11.1. The van der Waals surface area contributed by atoms with Gasteiger partial charge >= 0.3 is 0 Å². The molecule has 2 unspecified atom stereocenters. The van der Waals surface area contributed by atoms with Crippen LogP contribution in [0.25, 0.3) is 0 Å². The fourth-order valence-electron chi connectivity index (χ4n) is 2.88. The van der Waals surface area contributed by atoms with Crippen LogP contribution in [0.2, 0.25) is 5.02 Å². The van der Waals surface area contributed by atoms with Gasteiger partial charge in [0, 0.05) is 12.6 Å². The van der Waals surface area contributed by atoms with E-state index in [4.69, 9.17) is 22.7 Å². The monoisotopic (exact) mass is 303 g/mol. The lowest BCUT2D eigenvalue weighted by Gasteiger charge is -2.21. The van der Waals surface area contributed by atoms with Crippen molar-refractivity contribution in [2.75, 3.05) is 0 Å². The fourth-order valence-corrected chi connectivity index (χ4v) is 3.09. The fraction of sp³-hybridized carbons (Fsp3) is 0.200. The second-order valence-electron chi connectivity index (χ2n) is 5.11. The number of hydrogen-bond acceptors (Lipinski definition) is 3. The summed E-state index contributed by atoms with van der Waals surface area (Å²) in [7, 11) is 0. The molecule has 108 valence electrons. The Balaban J connectivity index is 2.22. The SMILES string of the molecule is N=c1c(C(N)=O)cc(Cl)cn1C1c2ccccc2CC1O. The van der Waals surface area contributed by atoms with Crippen molar-refractivity contribution in [2.24, 2.45) is 5.73 Å². The van der Waals surface area contributed by atoms with Gasteiger partial charge in [-0.15, -0.1) is 0 Å². The number of pyridine rings is 1. The number of fused-ring (bicyclic) bond motifs is 1. The van der Waals surface area contributed by atoms with Crippen molar-refractivity contribution < 1.29 is 9.90 Å². The Morgan fingerprint density at radius 1 is 1.43 bits per heavy atom. The Morgan fingerprint density at radius 2 is 2.14 bits per heavy atom. The molecule has 5 nitrogen and oxygen atoms in total. The first-order valence-corrected chi connectivity index (χ1v) is 6.89. The van der Waals surface area contributed by atoms with Crippen LogP contribution in [0, 0.1) is 5.41 Å². The number of primary amides is 1. The molecule has 1 aliphatic carbocycles. The number of benzene rings is 1. The average molecular weight is 304 g/mol. The first-order valence-electron chi connectivity index (χ1n) is 6.51. The first-order chi connectivity index (χ1) is 9.99. The van der Waals surface area contributed by atoms with Gasteiger partial charge in [0.1, 0.15) is 5.49 Å². The number of halogens is 1. The van der Waals surface area contributed by atoms with Gasteiger partial charge in [-0.05, 0) is 17.2 Å². The Bertz CT molecular complexity index is 785. The minimum absolute atomic E-state index is 0.0408. The summed E-state index contributed by atoms with van der Waals surface area (Å²) in [6.07, 6.45) is 1.38. The summed E-state index contributed by atoms with van der Waals surface area (Å²) < 4.78 is 1.51. The highest BCUT2D eigenvalue weighted by Gasteiger charge is 2.32. The van der Waals surface area contributed by atoms with Crippen molar-refractivity contribution >= 4 is 17.5 Å². The number of carbonyl (C=O) groups excluding carboxylic acids is 1. The number of aromatic nitrogens is 1. The molecule has 6 heteroatoms. The zero-order chi connectivity index (χ0) is 15.1. The van der Waals surface area contributed by atoms with Crippen LogP contribution in [-0.4, -0.2) is 21.7 Å². The maximum absolute atomic E-state index is 11.4. The molecule has 1 aliphatic rings. The number of nitrogens with zero attached hydrogens (tertiary/aromatic N) is 1. The van der Waals surface area contributed by atoms with E-state index in [2.05, 4.69) is 0 Å². The van der Waals surface area contributed by atoms with Crippen LogP contribution >= 0.6 is 11.6 Å². The molecule has 1 amide bonds.